The maximum absolute atomic E-state index is 13.3. The van der Waals surface area contributed by atoms with Gasteiger partial charge in [-0.05, 0) is 52.7 Å². The van der Waals surface area contributed by atoms with E-state index < -0.39 is 24.2 Å². The molecule has 0 fully saturated rings. The van der Waals surface area contributed by atoms with Gasteiger partial charge in [-0.3, -0.25) is 20.4 Å². The number of rotatable bonds is 6. The van der Waals surface area contributed by atoms with Crippen molar-refractivity contribution in [2.45, 2.75) is 6.92 Å². The summed E-state index contributed by atoms with van der Waals surface area (Å²) in [5, 5.41) is 0. The zero-order valence-electron chi connectivity index (χ0n) is 13.3. The van der Waals surface area contributed by atoms with Crippen molar-refractivity contribution >= 4 is 27.7 Å². The maximum atomic E-state index is 13.3. The molecule has 0 saturated heterocycles. The fourth-order valence-electron chi connectivity index (χ4n) is 1.78. The van der Waals surface area contributed by atoms with Crippen LogP contribution in [0.3, 0.4) is 0 Å². The van der Waals surface area contributed by atoms with Gasteiger partial charge in [0.25, 0.3) is 11.8 Å². The number of halogens is 2. The highest BCUT2D eigenvalue weighted by atomic mass is 79.9. The van der Waals surface area contributed by atoms with E-state index in [1.165, 1.54) is 18.2 Å². The summed E-state index contributed by atoms with van der Waals surface area (Å²) in [4.78, 5) is 23.2. The molecule has 2 N–H and O–H groups in total. The number of para-hydroxylation sites is 1. The van der Waals surface area contributed by atoms with Crippen molar-refractivity contribution in [1.82, 2.24) is 10.9 Å². The molecule has 8 heteroatoms. The van der Waals surface area contributed by atoms with Crippen molar-refractivity contribution in [3.63, 3.8) is 0 Å². The van der Waals surface area contributed by atoms with Gasteiger partial charge in [0.2, 0.25) is 0 Å². The summed E-state index contributed by atoms with van der Waals surface area (Å²) in [7, 11) is 0. The van der Waals surface area contributed by atoms with Crippen LogP contribution in [0.25, 0.3) is 0 Å². The van der Waals surface area contributed by atoms with Gasteiger partial charge in [0.15, 0.2) is 24.8 Å². The highest BCUT2D eigenvalue weighted by Crippen LogP contribution is 2.25. The minimum Gasteiger partial charge on any atom is -0.483 e. The second-order valence-corrected chi connectivity index (χ2v) is 5.89. The maximum Gasteiger partial charge on any atom is 0.276 e. The summed E-state index contributed by atoms with van der Waals surface area (Å²) >= 11 is 3.33. The van der Waals surface area contributed by atoms with E-state index in [0.29, 0.717) is 5.75 Å². The van der Waals surface area contributed by atoms with Crippen LogP contribution in [0, 0.1) is 12.7 Å². The largest absolute Gasteiger partial charge is 0.483 e. The van der Waals surface area contributed by atoms with Crippen LogP contribution < -0.4 is 20.3 Å². The summed E-state index contributed by atoms with van der Waals surface area (Å²) < 4.78 is 24.4. The van der Waals surface area contributed by atoms with Crippen molar-refractivity contribution in [1.29, 1.82) is 0 Å². The number of hydrazine groups is 1. The predicted octanol–water partition coefficient (Wildman–Crippen LogP) is 2.50. The molecule has 0 aliphatic carbocycles. The van der Waals surface area contributed by atoms with Crippen molar-refractivity contribution in [3.8, 4) is 11.5 Å². The first kappa shape index (κ1) is 18.7. The summed E-state index contributed by atoms with van der Waals surface area (Å²) in [6.07, 6.45) is 0. The highest BCUT2D eigenvalue weighted by molar-refractivity contribution is 9.10. The lowest BCUT2D eigenvalue weighted by Crippen LogP contribution is -2.45. The standard InChI is InChI=1S/C17H16BrFN2O4/c1-11-6-7-14(12(18)8-11)24-9-16(22)20-21-17(23)10-25-15-5-3-2-4-13(15)19/h2-8H,9-10H2,1H3,(H,20,22)(H,21,23). The zero-order valence-corrected chi connectivity index (χ0v) is 14.9. The third-order valence-corrected chi connectivity index (χ3v) is 3.60. The van der Waals surface area contributed by atoms with Crippen LogP contribution in [-0.2, 0) is 9.59 Å². The van der Waals surface area contributed by atoms with Crippen LogP contribution in [0.15, 0.2) is 46.9 Å². The molecule has 25 heavy (non-hydrogen) atoms. The lowest BCUT2D eigenvalue weighted by Gasteiger charge is -2.11. The summed E-state index contributed by atoms with van der Waals surface area (Å²) in [6, 6.07) is 11.1. The Bertz CT molecular complexity index is 770. The Labute approximate surface area is 152 Å². The Hall–Kier alpha value is -2.61. The number of benzene rings is 2. The first-order valence-corrected chi connectivity index (χ1v) is 8.09. The third-order valence-electron chi connectivity index (χ3n) is 2.98. The van der Waals surface area contributed by atoms with Gasteiger partial charge in [0.05, 0.1) is 4.47 Å². The molecule has 0 aliphatic rings. The van der Waals surface area contributed by atoms with Gasteiger partial charge < -0.3 is 9.47 Å². The molecule has 0 unspecified atom stereocenters. The average Bonchev–Trinajstić information content (AvgIpc) is 2.58. The molecule has 2 aromatic rings. The summed E-state index contributed by atoms with van der Waals surface area (Å²) in [6.45, 7) is 1.21. The zero-order chi connectivity index (χ0) is 18.2. The molecule has 2 rings (SSSR count). The third kappa shape index (κ3) is 6.07. The molecule has 132 valence electrons. The molecule has 0 atom stereocenters. The molecule has 0 bridgehead atoms. The second kappa shape index (κ2) is 9.03. The quantitative estimate of drug-likeness (QED) is 0.717. The molecule has 2 amide bonds. The SMILES string of the molecule is Cc1ccc(OCC(=O)NNC(=O)COc2ccccc2F)c(Br)c1. The average molecular weight is 411 g/mol. The topological polar surface area (TPSA) is 76.7 Å². The molecule has 0 saturated carbocycles. The van der Waals surface area contributed by atoms with Crippen LogP contribution >= 0.6 is 15.9 Å². The number of carbonyl (C=O) groups excluding carboxylic acids is 2. The lowest BCUT2D eigenvalue weighted by molar-refractivity contribution is -0.131. The number of aryl methyl sites for hydroxylation is 1. The van der Waals surface area contributed by atoms with Gasteiger partial charge in [-0.1, -0.05) is 18.2 Å². The first-order valence-electron chi connectivity index (χ1n) is 7.29. The Morgan fingerprint density at radius 3 is 2.20 bits per heavy atom. The summed E-state index contributed by atoms with van der Waals surface area (Å²) in [5.41, 5.74) is 5.38. The fraction of sp³-hybridized carbons (Fsp3) is 0.176. The minimum absolute atomic E-state index is 0.0449. The van der Waals surface area contributed by atoms with E-state index in [1.807, 2.05) is 19.1 Å². The minimum atomic E-state index is -0.631. The van der Waals surface area contributed by atoms with Gasteiger partial charge in [0.1, 0.15) is 5.75 Å². The fourth-order valence-corrected chi connectivity index (χ4v) is 2.39. The van der Waals surface area contributed by atoms with Crippen molar-refractivity contribution in [2.24, 2.45) is 0 Å². The van der Waals surface area contributed by atoms with Crippen molar-refractivity contribution in [2.75, 3.05) is 13.2 Å². The smallest absolute Gasteiger partial charge is 0.276 e. The van der Waals surface area contributed by atoms with Gasteiger partial charge in [-0.2, -0.15) is 0 Å². The van der Waals surface area contributed by atoms with Crippen LogP contribution in [0.1, 0.15) is 5.56 Å². The second-order valence-electron chi connectivity index (χ2n) is 5.04. The monoisotopic (exact) mass is 410 g/mol. The van der Waals surface area contributed by atoms with Gasteiger partial charge in [-0.25, -0.2) is 4.39 Å². The number of ether oxygens (including phenoxy) is 2. The summed E-state index contributed by atoms with van der Waals surface area (Å²) in [5.74, 6) is -1.29. The van der Waals surface area contributed by atoms with E-state index >= 15 is 0 Å². The van der Waals surface area contributed by atoms with E-state index in [1.54, 1.807) is 12.1 Å². The lowest BCUT2D eigenvalue weighted by atomic mass is 10.2. The molecule has 6 nitrogen and oxygen atoms in total. The molecular weight excluding hydrogens is 395 g/mol. The Morgan fingerprint density at radius 1 is 1.00 bits per heavy atom. The van der Waals surface area contributed by atoms with E-state index in [4.69, 9.17) is 9.47 Å². The van der Waals surface area contributed by atoms with E-state index in [2.05, 4.69) is 26.8 Å². The molecule has 0 spiro atoms. The van der Waals surface area contributed by atoms with Crippen LogP contribution in [0.4, 0.5) is 4.39 Å². The van der Waals surface area contributed by atoms with Gasteiger partial charge in [-0.15, -0.1) is 0 Å². The van der Waals surface area contributed by atoms with Crippen LogP contribution in [-0.4, -0.2) is 25.0 Å². The normalized spacial score (nSPS) is 10.0. The van der Waals surface area contributed by atoms with Gasteiger partial charge >= 0.3 is 0 Å². The van der Waals surface area contributed by atoms with E-state index in [0.717, 1.165) is 10.0 Å². The number of carbonyl (C=O) groups is 2. The molecular formula is C17H16BrFN2O4. The number of hydrogen-bond acceptors (Lipinski definition) is 4. The Balaban J connectivity index is 1.70. The Morgan fingerprint density at radius 2 is 1.60 bits per heavy atom. The Kier molecular flexibility index (Phi) is 6.76. The number of nitrogens with one attached hydrogen (secondary N) is 2. The molecule has 0 aliphatic heterocycles. The molecule has 2 aromatic carbocycles. The van der Waals surface area contributed by atoms with Crippen LogP contribution in [0.2, 0.25) is 0 Å². The number of hydrogen-bond donors (Lipinski definition) is 2. The number of amides is 2. The van der Waals surface area contributed by atoms with E-state index in [-0.39, 0.29) is 12.4 Å². The highest BCUT2D eigenvalue weighted by Gasteiger charge is 2.09. The van der Waals surface area contributed by atoms with E-state index in [9.17, 15) is 14.0 Å². The first-order chi connectivity index (χ1) is 12.0. The van der Waals surface area contributed by atoms with Crippen molar-refractivity contribution < 1.29 is 23.5 Å². The van der Waals surface area contributed by atoms with Crippen LogP contribution in [0.5, 0.6) is 11.5 Å². The molecule has 0 aromatic heterocycles. The van der Waals surface area contributed by atoms with Crippen molar-refractivity contribution in [3.05, 3.63) is 58.3 Å². The molecule has 0 heterocycles. The predicted molar refractivity (Wildman–Crippen MR) is 92.6 cm³/mol. The van der Waals surface area contributed by atoms with Gasteiger partial charge in [0, 0.05) is 0 Å². The molecule has 0 radical (unpaired) electrons.